The number of nitrogens with zero attached hydrogens (tertiary/aromatic N) is 2. The highest BCUT2D eigenvalue weighted by Crippen LogP contribution is 2.20. The maximum atomic E-state index is 5.96. The first kappa shape index (κ1) is 9.43. The van der Waals surface area contributed by atoms with Gasteiger partial charge in [0, 0.05) is 18.6 Å². The minimum atomic E-state index is 0.636. The van der Waals surface area contributed by atoms with Crippen LogP contribution in [0.1, 0.15) is 5.56 Å². The Morgan fingerprint density at radius 1 is 1.50 bits per heavy atom. The van der Waals surface area contributed by atoms with Crippen LogP contribution >= 0.6 is 23.8 Å². The van der Waals surface area contributed by atoms with Crippen molar-refractivity contribution in [3.63, 3.8) is 0 Å². The molecule has 0 bridgehead atoms. The fourth-order valence-corrected chi connectivity index (χ4v) is 1.62. The van der Waals surface area contributed by atoms with Gasteiger partial charge < -0.3 is 4.98 Å². The molecule has 3 nitrogen and oxygen atoms in total. The Balaban J connectivity index is 2.69. The summed E-state index contributed by atoms with van der Waals surface area (Å²) in [5, 5.41) is 0.644. The van der Waals surface area contributed by atoms with Gasteiger partial charge in [-0.25, -0.2) is 0 Å². The fraction of sp³-hybridized carbons (Fsp3) is 0.111. The molecule has 2 heterocycles. The second-order valence-corrected chi connectivity index (χ2v) is 3.69. The number of aromatic amines is 1. The molecule has 2 rings (SSSR count). The van der Waals surface area contributed by atoms with Gasteiger partial charge in [0.25, 0.3) is 0 Å². The summed E-state index contributed by atoms with van der Waals surface area (Å²) in [7, 11) is 0. The number of rotatable bonds is 1. The normalized spacial score (nSPS) is 10.4. The third kappa shape index (κ3) is 1.47. The first-order valence-electron chi connectivity index (χ1n) is 4.06. The van der Waals surface area contributed by atoms with E-state index in [1.807, 2.05) is 17.7 Å². The fourth-order valence-electron chi connectivity index (χ4n) is 1.24. The largest absolute Gasteiger partial charge is 0.337 e. The quantitative estimate of drug-likeness (QED) is 0.758. The van der Waals surface area contributed by atoms with Gasteiger partial charge in [0.15, 0.2) is 4.77 Å². The lowest BCUT2D eigenvalue weighted by Gasteiger charge is -2.06. The maximum Gasteiger partial charge on any atom is 0.181 e. The van der Waals surface area contributed by atoms with Crippen LogP contribution in [0.5, 0.6) is 0 Å². The van der Waals surface area contributed by atoms with Gasteiger partial charge in [0.1, 0.15) is 0 Å². The van der Waals surface area contributed by atoms with E-state index in [0.717, 1.165) is 11.3 Å². The summed E-state index contributed by atoms with van der Waals surface area (Å²) in [5.41, 5.74) is 1.88. The van der Waals surface area contributed by atoms with Gasteiger partial charge in [0.05, 0.1) is 16.9 Å². The molecular weight excluding hydrogens is 218 g/mol. The first-order valence-corrected chi connectivity index (χ1v) is 4.85. The van der Waals surface area contributed by atoms with E-state index in [1.165, 1.54) is 0 Å². The van der Waals surface area contributed by atoms with Crippen LogP contribution in [0.2, 0.25) is 5.02 Å². The van der Waals surface area contributed by atoms with E-state index in [4.69, 9.17) is 23.8 Å². The SMILES string of the molecule is Cc1c(Cl)cncc1-n1cc[nH]c1=S. The average molecular weight is 226 g/mol. The smallest absolute Gasteiger partial charge is 0.181 e. The van der Waals surface area contributed by atoms with Gasteiger partial charge in [-0.15, -0.1) is 0 Å². The Morgan fingerprint density at radius 2 is 2.29 bits per heavy atom. The zero-order valence-electron chi connectivity index (χ0n) is 7.49. The van der Waals surface area contributed by atoms with Crippen LogP contribution in [-0.4, -0.2) is 14.5 Å². The van der Waals surface area contributed by atoms with Gasteiger partial charge in [-0.05, 0) is 24.7 Å². The number of halogens is 1. The summed E-state index contributed by atoms with van der Waals surface area (Å²) in [6.45, 7) is 1.94. The molecule has 2 aromatic rings. The minimum Gasteiger partial charge on any atom is -0.337 e. The van der Waals surface area contributed by atoms with Crippen LogP contribution in [0.4, 0.5) is 0 Å². The lowest BCUT2D eigenvalue weighted by molar-refractivity contribution is 1.00. The molecule has 72 valence electrons. The van der Waals surface area contributed by atoms with E-state index in [-0.39, 0.29) is 0 Å². The highest BCUT2D eigenvalue weighted by atomic mass is 35.5. The van der Waals surface area contributed by atoms with E-state index in [2.05, 4.69) is 9.97 Å². The third-order valence-corrected chi connectivity index (χ3v) is 2.73. The Hall–Kier alpha value is -1.13. The van der Waals surface area contributed by atoms with Crippen molar-refractivity contribution in [2.75, 3.05) is 0 Å². The van der Waals surface area contributed by atoms with Crippen molar-refractivity contribution in [2.45, 2.75) is 6.92 Å². The molecule has 5 heteroatoms. The molecule has 0 aromatic carbocycles. The highest BCUT2D eigenvalue weighted by molar-refractivity contribution is 7.71. The van der Waals surface area contributed by atoms with Crippen molar-refractivity contribution >= 4 is 23.8 Å². The number of hydrogen-bond acceptors (Lipinski definition) is 2. The van der Waals surface area contributed by atoms with E-state index in [1.54, 1.807) is 18.6 Å². The Labute approximate surface area is 91.4 Å². The van der Waals surface area contributed by atoms with Crippen molar-refractivity contribution in [3.8, 4) is 5.69 Å². The molecule has 0 aliphatic heterocycles. The molecule has 14 heavy (non-hydrogen) atoms. The second-order valence-electron chi connectivity index (χ2n) is 2.90. The molecule has 2 aromatic heterocycles. The molecular formula is C9H8ClN3S. The number of hydrogen-bond donors (Lipinski definition) is 1. The van der Waals surface area contributed by atoms with Crippen LogP contribution < -0.4 is 0 Å². The Morgan fingerprint density at radius 3 is 2.93 bits per heavy atom. The molecule has 0 spiro atoms. The summed E-state index contributed by atoms with van der Waals surface area (Å²) in [5.74, 6) is 0. The van der Waals surface area contributed by atoms with Crippen molar-refractivity contribution in [3.05, 3.63) is 40.1 Å². The zero-order valence-corrected chi connectivity index (χ0v) is 9.06. The molecule has 0 saturated heterocycles. The van der Waals surface area contributed by atoms with Crippen molar-refractivity contribution in [1.82, 2.24) is 14.5 Å². The van der Waals surface area contributed by atoms with Gasteiger partial charge in [0.2, 0.25) is 0 Å². The minimum absolute atomic E-state index is 0.636. The van der Waals surface area contributed by atoms with E-state index in [0.29, 0.717) is 9.79 Å². The summed E-state index contributed by atoms with van der Waals surface area (Å²) in [6, 6.07) is 0. The molecule has 0 aliphatic rings. The molecule has 0 radical (unpaired) electrons. The van der Waals surface area contributed by atoms with Crippen LogP contribution in [0.15, 0.2) is 24.8 Å². The van der Waals surface area contributed by atoms with Gasteiger partial charge in [-0.2, -0.15) is 0 Å². The Kier molecular flexibility index (Phi) is 2.39. The zero-order chi connectivity index (χ0) is 10.1. The Bertz CT molecular complexity index is 515. The average Bonchev–Trinajstić information content (AvgIpc) is 2.57. The van der Waals surface area contributed by atoms with Crippen LogP contribution in [0.25, 0.3) is 5.69 Å². The van der Waals surface area contributed by atoms with Gasteiger partial charge in [-0.3, -0.25) is 9.55 Å². The molecule has 1 N–H and O–H groups in total. The monoisotopic (exact) mass is 225 g/mol. The predicted molar refractivity (Wildman–Crippen MR) is 58.5 cm³/mol. The first-order chi connectivity index (χ1) is 6.70. The van der Waals surface area contributed by atoms with Crippen molar-refractivity contribution < 1.29 is 0 Å². The lowest BCUT2D eigenvalue weighted by Crippen LogP contribution is -1.97. The maximum absolute atomic E-state index is 5.96. The predicted octanol–water partition coefficient (Wildman–Crippen LogP) is 2.89. The highest BCUT2D eigenvalue weighted by Gasteiger charge is 2.04. The lowest BCUT2D eigenvalue weighted by atomic mass is 10.2. The standard InChI is InChI=1S/C9H8ClN3S/c1-6-7(10)4-11-5-8(6)13-3-2-12-9(13)14/h2-5H,1H3,(H,12,14). The van der Waals surface area contributed by atoms with Crippen molar-refractivity contribution in [1.29, 1.82) is 0 Å². The summed E-state index contributed by atoms with van der Waals surface area (Å²) >= 11 is 11.1. The second kappa shape index (κ2) is 3.55. The van der Waals surface area contributed by atoms with Crippen molar-refractivity contribution in [2.24, 2.45) is 0 Å². The van der Waals surface area contributed by atoms with Crippen LogP contribution in [0.3, 0.4) is 0 Å². The molecule has 0 fully saturated rings. The molecule has 0 unspecified atom stereocenters. The van der Waals surface area contributed by atoms with Gasteiger partial charge >= 0.3 is 0 Å². The molecule has 0 aliphatic carbocycles. The summed E-state index contributed by atoms with van der Waals surface area (Å²) < 4.78 is 2.47. The van der Waals surface area contributed by atoms with E-state index < -0.39 is 0 Å². The van der Waals surface area contributed by atoms with E-state index >= 15 is 0 Å². The van der Waals surface area contributed by atoms with Gasteiger partial charge in [-0.1, -0.05) is 11.6 Å². The summed E-state index contributed by atoms with van der Waals surface area (Å²) in [4.78, 5) is 6.95. The van der Waals surface area contributed by atoms with E-state index in [9.17, 15) is 0 Å². The molecule has 0 amide bonds. The number of imidazole rings is 1. The summed E-state index contributed by atoms with van der Waals surface area (Å²) in [6.07, 6.45) is 6.99. The molecule has 0 saturated carbocycles. The third-order valence-electron chi connectivity index (χ3n) is 2.04. The van der Waals surface area contributed by atoms with Crippen LogP contribution in [0, 0.1) is 11.7 Å². The number of aromatic nitrogens is 3. The number of H-pyrrole nitrogens is 1. The number of nitrogens with one attached hydrogen (secondary N) is 1. The number of pyridine rings is 1. The molecule has 0 atom stereocenters. The topological polar surface area (TPSA) is 33.6 Å². The van der Waals surface area contributed by atoms with Crippen LogP contribution in [-0.2, 0) is 0 Å².